The van der Waals surface area contributed by atoms with Crippen LogP contribution in [-0.4, -0.2) is 30.8 Å². The summed E-state index contributed by atoms with van der Waals surface area (Å²) in [5, 5.41) is 5.91. The van der Waals surface area contributed by atoms with Crippen LogP contribution < -0.4 is 10.6 Å². The highest BCUT2D eigenvalue weighted by atomic mass is 35.5. The molecule has 0 saturated heterocycles. The summed E-state index contributed by atoms with van der Waals surface area (Å²) in [6, 6.07) is 6.59. The average Bonchev–Trinajstić information content (AvgIpc) is 2.35. The van der Waals surface area contributed by atoms with Crippen LogP contribution in [0.3, 0.4) is 0 Å². The van der Waals surface area contributed by atoms with Gasteiger partial charge in [0.15, 0.2) is 0 Å². The number of halogens is 2. The van der Waals surface area contributed by atoms with E-state index in [-0.39, 0.29) is 18.2 Å². The summed E-state index contributed by atoms with van der Waals surface area (Å²) in [5.41, 5.74) is 0.534. The van der Waals surface area contributed by atoms with Gasteiger partial charge in [0.05, 0.1) is 0 Å². The predicted octanol–water partition coefficient (Wildman–Crippen LogP) is 1.81. The van der Waals surface area contributed by atoms with Gasteiger partial charge in [-0.05, 0) is 24.3 Å². The maximum absolute atomic E-state index is 11.6. The quantitative estimate of drug-likeness (QED) is 0.620. The first-order valence-corrected chi connectivity index (χ1v) is 6.41. The lowest BCUT2D eigenvalue weighted by Crippen LogP contribution is -2.34. The first kappa shape index (κ1) is 14.8. The molecule has 0 unspecified atom stereocenters. The minimum absolute atomic E-state index is 0.120. The fourth-order valence-electron chi connectivity index (χ4n) is 1.26. The third-order valence-electron chi connectivity index (χ3n) is 2.16. The molecule has 0 aliphatic heterocycles. The highest BCUT2D eigenvalue weighted by Gasteiger charge is 2.04. The van der Waals surface area contributed by atoms with Crippen molar-refractivity contribution in [2.24, 2.45) is 0 Å². The van der Waals surface area contributed by atoms with Crippen LogP contribution in [0.2, 0.25) is 5.02 Å². The second-order valence-corrected chi connectivity index (χ2v) is 4.37. The van der Waals surface area contributed by atoms with E-state index in [1.807, 2.05) is 0 Å². The molecule has 0 fully saturated rings. The van der Waals surface area contributed by atoms with Crippen molar-refractivity contribution < 1.29 is 9.59 Å². The van der Waals surface area contributed by atoms with Crippen molar-refractivity contribution in [3.63, 3.8) is 0 Å². The first-order chi connectivity index (χ1) is 8.63. The van der Waals surface area contributed by atoms with Gasteiger partial charge in [-0.15, -0.1) is 11.6 Å². The lowest BCUT2D eigenvalue weighted by Gasteiger charge is -2.06. The maximum Gasteiger partial charge on any atom is 0.251 e. The molecule has 0 aliphatic rings. The van der Waals surface area contributed by atoms with Gasteiger partial charge in [0.1, 0.15) is 0 Å². The van der Waals surface area contributed by atoms with Crippen molar-refractivity contribution in [1.29, 1.82) is 0 Å². The number of amides is 2. The van der Waals surface area contributed by atoms with Crippen LogP contribution in [0.25, 0.3) is 0 Å². The topological polar surface area (TPSA) is 58.2 Å². The standard InChI is InChI=1S/C12H14Cl2N2O2/c13-6-5-11(17)15-7-8-16-12(18)9-1-3-10(14)4-2-9/h1-4H,5-8H2,(H,15,17)(H,16,18). The van der Waals surface area contributed by atoms with Crippen molar-refractivity contribution in [2.75, 3.05) is 19.0 Å². The number of alkyl halides is 1. The molecule has 18 heavy (non-hydrogen) atoms. The molecule has 0 radical (unpaired) electrons. The molecule has 0 aliphatic carbocycles. The lowest BCUT2D eigenvalue weighted by atomic mass is 10.2. The van der Waals surface area contributed by atoms with Gasteiger partial charge in [-0.25, -0.2) is 0 Å². The molecule has 0 spiro atoms. The summed E-state index contributed by atoms with van der Waals surface area (Å²) in [6.45, 7) is 0.755. The molecule has 0 atom stereocenters. The number of rotatable bonds is 6. The normalized spacial score (nSPS) is 9.89. The maximum atomic E-state index is 11.6. The van der Waals surface area contributed by atoms with Crippen molar-refractivity contribution in [1.82, 2.24) is 10.6 Å². The second kappa shape index (κ2) is 7.95. The molecule has 1 rings (SSSR count). The summed E-state index contributed by atoms with van der Waals surface area (Å²) in [4.78, 5) is 22.7. The molecule has 98 valence electrons. The van der Waals surface area contributed by atoms with Crippen molar-refractivity contribution in [2.45, 2.75) is 6.42 Å². The van der Waals surface area contributed by atoms with E-state index in [2.05, 4.69) is 10.6 Å². The summed E-state index contributed by atoms with van der Waals surface area (Å²) in [7, 11) is 0. The van der Waals surface area contributed by atoms with E-state index in [9.17, 15) is 9.59 Å². The molecule has 0 bridgehead atoms. The number of nitrogens with one attached hydrogen (secondary N) is 2. The Balaban J connectivity index is 2.25. The Morgan fingerprint density at radius 3 is 2.28 bits per heavy atom. The number of benzene rings is 1. The van der Waals surface area contributed by atoms with Crippen molar-refractivity contribution in [3.8, 4) is 0 Å². The number of carbonyl (C=O) groups excluding carboxylic acids is 2. The number of hydrogen-bond acceptors (Lipinski definition) is 2. The Kier molecular flexibility index (Phi) is 6.54. The first-order valence-electron chi connectivity index (χ1n) is 5.50. The fourth-order valence-corrected chi connectivity index (χ4v) is 1.55. The minimum atomic E-state index is -0.196. The smallest absolute Gasteiger partial charge is 0.251 e. The van der Waals surface area contributed by atoms with E-state index >= 15 is 0 Å². The van der Waals surface area contributed by atoms with E-state index in [0.29, 0.717) is 29.6 Å². The van der Waals surface area contributed by atoms with Crippen LogP contribution >= 0.6 is 23.2 Å². The molecule has 4 nitrogen and oxygen atoms in total. The van der Waals surface area contributed by atoms with Crippen LogP contribution in [0.15, 0.2) is 24.3 Å². The largest absolute Gasteiger partial charge is 0.354 e. The molecular weight excluding hydrogens is 275 g/mol. The van der Waals surface area contributed by atoms with Gasteiger partial charge in [-0.2, -0.15) is 0 Å². The number of carbonyl (C=O) groups is 2. The lowest BCUT2D eigenvalue weighted by molar-refractivity contribution is -0.120. The molecule has 0 aromatic heterocycles. The zero-order chi connectivity index (χ0) is 13.4. The van der Waals surface area contributed by atoms with Gasteiger partial charge in [-0.3, -0.25) is 9.59 Å². The highest BCUT2D eigenvalue weighted by Crippen LogP contribution is 2.08. The van der Waals surface area contributed by atoms with Crippen LogP contribution in [0.1, 0.15) is 16.8 Å². The van der Waals surface area contributed by atoms with Crippen molar-refractivity contribution >= 4 is 35.0 Å². The Bertz CT molecular complexity index is 407. The summed E-state index contributed by atoms with van der Waals surface area (Å²) < 4.78 is 0. The van der Waals surface area contributed by atoms with Crippen LogP contribution in [0, 0.1) is 0 Å². The van der Waals surface area contributed by atoms with E-state index in [4.69, 9.17) is 23.2 Å². The Morgan fingerprint density at radius 2 is 1.67 bits per heavy atom. The fraction of sp³-hybridized carbons (Fsp3) is 0.333. The van der Waals surface area contributed by atoms with Crippen LogP contribution in [0.4, 0.5) is 0 Å². The number of hydrogen-bond donors (Lipinski definition) is 2. The zero-order valence-corrected chi connectivity index (χ0v) is 11.2. The van der Waals surface area contributed by atoms with Gasteiger partial charge >= 0.3 is 0 Å². The zero-order valence-electron chi connectivity index (χ0n) is 9.71. The molecule has 0 saturated carbocycles. The third-order valence-corrected chi connectivity index (χ3v) is 2.60. The minimum Gasteiger partial charge on any atom is -0.354 e. The van der Waals surface area contributed by atoms with E-state index < -0.39 is 0 Å². The predicted molar refractivity (Wildman–Crippen MR) is 72.1 cm³/mol. The summed E-state index contributed by atoms with van der Waals surface area (Å²) in [5.74, 6) is -0.0211. The van der Waals surface area contributed by atoms with Crippen molar-refractivity contribution in [3.05, 3.63) is 34.9 Å². The molecule has 2 N–H and O–H groups in total. The van der Waals surface area contributed by atoms with Gasteiger partial charge < -0.3 is 10.6 Å². The Hall–Kier alpha value is -1.26. The molecule has 0 heterocycles. The second-order valence-electron chi connectivity index (χ2n) is 3.55. The molecule has 2 amide bonds. The van der Waals surface area contributed by atoms with Crippen LogP contribution in [0.5, 0.6) is 0 Å². The third kappa shape index (κ3) is 5.38. The SMILES string of the molecule is O=C(CCCl)NCCNC(=O)c1ccc(Cl)cc1. The van der Waals surface area contributed by atoms with E-state index in [0.717, 1.165) is 0 Å². The molecule has 1 aromatic rings. The molecular formula is C12H14Cl2N2O2. The summed E-state index contributed by atoms with van der Waals surface area (Å²) >= 11 is 11.1. The van der Waals surface area contributed by atoms with E-state index in [1.54, 1.807) is 24.3 Å². The summed E-state index contributed by atoms with van der Waals surface area (Å²) in [6.07, 6.45) is 0.284. The van der Waals surface area contributed by atoms with Crippen LogP contribution in [-0.2, 0) is 4.79 Å². The van der Waals surface area contributed by atoms with Gasteiger partial charge in [0.2, 0.25) is 5.91 Å². The van der Waals surface area contributed by atoms with Gasteiger partial charge in [-0.1, -0.05) is 11.6 Å². The van der Waals surface area contributed by atoms with Gasteiger partial charge in [0, 0.05) is 36.0 Å². The Labute approximate surface area is 116 Å². The monoisotopic (exact) mass is 288 g/mol. The molecule has 6 heteroatoms. The molecule has 1 aromatic carbocycles. The van der Waals surface area contributed by atoms with Gasteiger partial charge in [0.25, 0.3) is 5.91 Å². The average molecular weight is 289 g/mol. The Morgan fingerprint density at radius 1 is 1.06 bits per heavy atom. The highest BCUT2D eigenvalue weighted by molar-refractivity contribution is 6.30. The van der Waals surface area contributed by atoms with E-state index in [1.165, 1.54) is 0 Å².